The second-order valence-corrected chi connectivity index (χ2v) is 6.77. The average molecular weight is 352 g/mol. The fourth-order valence-electron chi connectivity index (χ4n) is 2.95. The van der Waals surface area contributed by atoms with Gasteiger partial charge in [-0.25, -0.2) is 4.79 Å². The normalized spacial score (nSPS) is 21.3. The van der Waals surface area contributed by atoms with Crippen LogP contribution in [0.2, 0.25) is 0 Å². The van der Waals surface area contributed by atoms with Crippen LogP contribution in [-0.2, 0) is 11.3 Å². The second-order valence-electron chi connectivity index (χ2n) is 6.05. The quantitative estimate of drug-likeness (QED) is 0.673. The van der Waals surface area contributed by atoms with E-state index in [1.807, 2.05) is 17.0 Å². The van der Waals surface area contributed by atoms with E-state index in [4.69, 9.17) is 28.3 Å². The third kappa shape index (κ3) is 3.15. The Balaban J connectivity index is 1.84. The summed E-state index contributed by atoms with van der Waals surface area (Å²) in [4.78, 5) is 13.0. The third-order valence-electron chi connectivity index (χ3n) is 4.08. The van der Waals surface area contributed by atoms with Crippen molar-refractivity contribution in [1.82, 2.24) is 4.90 Å². The summed E-state index contributed by atoms with van der Waals surface area (Å²) >= 11 is 12.6. The van der Waals surface area contributed by atoms with Crippen LogP contribution in [0.5, 0.6) is 0 Å². The summed E-state index contributed by atoms with van der Waals surface area (Å²) in [5, 5.41) is 12.2. The van der Waals surface area contributed by atoms with E-state index in [9.17, 15) is 4.79 Å². The Morgan fingerprint density at radius 2 is 1.91 bits per heavy atom. The molecule has 0 saturated heterocycles. The van der Waals surface area contributed by atoms with Crippen LogP contribution in [-0.4, -0.2) is 40.7 Å². The molecule has 0 amide bonds. The molecule has 1 aliphatic heterocycles. The first-order valence-corrected chi connectivity index (χ1v) is 7.99. The van der Waals surface area contributed by atoms with Crippen molar-refractivity contribution in [2.75, 3.05) is 20.3 Å². The van der Waals surface area contributed by atoms with E-state index in [0.717, 1.165) is 10.9 Å². The van der Waals surface area contributed by atoms with Crippen LogP contribution < -0.4 is 0 Å². The van der Waals surface area contributed by atoms with Crippen molar-refractivity contribution in [2.24, 2.45) is 0 Å². The minimum atomic E-state index is -0.900. The molecule has 1 atom stereocenters. The molecule has 120 valence electrons. The Bertz CT molecular complexity index is 806. The van der Waals surface area contributed by atoms with E-state index in [1.54, 1.807) is 7.05 Å². The Labute approximate surface area is 144 Å². The van der Waals surface area contributed by atoms with Gasteiger partial charge in [0.2, 0.25) is 5.16 Å². The largest absolute Gasteiger partial charge is 0.477 e. The molecule has 3 rings (SSSR count). The Kier molecular flexibility index (Phi) is 4.23. The summed E-state index contributed by atoms with van der Waals surface area (Å²) in [5.74, 6) is -0.900. The van der Waals surface area contributed by atoms with Crippen molar-refractivity contribution < 1.29 is 14.4 Å². The second kappa shape index (κ2) is 6.04. The zero-order valence-electron chi connectivity index (χ0n) is 12.7. The van der Waals surface area contributed by atoms with Gasteiger partial charge >= 0.3 is 5.97 Å². The number of hydrogen-bond acceptors (Lipinski definition) is 2. The molecule has 0 fully saturated rings. The lowest BCUT2D eigenvalue weighted by Gasteiger charge is -2.28. The van der Waals surface area contributed by atoms with Gasteiger partial charge in [-0.3, -0.25) is 4.48 Å². The van der Waals surface area contributed by atoms with E-state index in [0.29, 0.717) is 23.5 Å². The molecule has 1 N–H and O–H groups in total. The van der Waals surface area contributed by atoms with Gasteiger partial charge in [-0.2, -0.15) is 0 Å². The summed E-state index contributed by atoms with van der Waals surface area (Å²) in [5.41, 5.74) is 1.11. The van der Waals surface area contributed by atoms with Crippen molar-refractivity contribution in [3.8, 4) is 0 Å². The predicted molar refractivity (Wildman–Crippen MR) is 91.8 cm³/mol. The molecule has 1 aliphatic rings. The molecule has 6 heteroatoms. The maximum absolute atomic E-state index is 11.1. The lowest BCUT2D eigenvalue weighted by molar-refractivity contribution is -0.860. The summed E-state index contributed by atoms with van der Waals surface area (Å²) in [7, 11) is 1.78. The molecule has 2 aromatic rings. The first-order valence-electron chi connectivity index (χ1n) is 7.24. The van der Waals surface area contributed by atoms with Crippen molar-refractivity contribution >= 4 is 39.9 Å². The molecule has 1 unspecified atom stereocenters. The molecule has 0 bridgehead atoms. The van der Waals surface area contributed by atoms with Gasteiger partial charge in [-0.05, 0) is 34.0 Å². The molecule has 0 spiro atoms. The van der Waals surface area contributed by atoms with Gasteiger partial charge in [-0.15, -0.1) is 0 Å². The number of rotatable bonds is 4. The summed E-state index contributed by atoms with van der Waals surface area (Å²) in [6, 6.07) is 14.4. The van der Waals surface area contributed by atoms with Crippen LogP contribution in [0, 0.1) is 0 Å². The predicted octanol–water partition coefficient (Wildman–Crippen LogP) is 3.75. The van der Waals surface area contributed by atoms with Crippen molar-refractivity contribution in [1.29, 1.82) is 0 Å². The number of quaternary nitrogens is 1. The maximum Gasteiger partial charge on any atom is 0.359 e. The highest BCUT2D eigenvalue weighted by molar-refractivity contribution is 6.38. The number of fused-ring (bicyclic) bond motifs is 1. The summed E-state index contributed by atoms with van der Waals surface area (Å²) in [6.07, 6.45) is 0. The standard InChI is InChI=1S/C17H16Cl2N2O2/c1-21(10-15(22)23)11-20(16(18)17(21)19)9-12-6-7-13-4-2-3-5-14(13)8-12/h2-8H,9-11H2,1H3/p+1. The molecule has 0 aliphatic carbocycles. The number of carbonyl (C=O) groups is 1. The molecule has 0 radical (unpaired) electrons. The number of aliphatic carboxylic acids is 1. The van der Waals surface area contributed by atoms with E-state index >= 15 is 0 Å². The van der Waals surface area contributed by atoms with Gasteiger partial charge in [0.15, 0.2) is 18.4 Å². The number of benzene rings is 2. The minimum absolute atomic E-state index is 0.0866. The number of hydrogen-bond donors (Lipinski definition) is 1. The number of nitrogens with zero attached hydrogens (tertiary/aromatic N) is 2. The third-order valence-corrected chi connectivity index (χ3v) is 5.18. The molecule has 0 saturated carbocycles. The minimum Gasteiger partial charge on any atom is -0.477 e. The molecule has 23 heavy (non-hydrogen) atoms. The average Bonchev–Trinajstić information content (AvgIpc) is 2.70. The van der Waals surface area contributed by atoms with Gasteiger partial charge in [0.1, 0.15) is 0 Å². The van der Waals surface area contributed by atoms with Crippen LogP contribution in [0.3, 0.4) is 0 Å². The number of halogens is 2. The smallest absolute Gasteiger partial charge is 0.359 e. The number of likely N-dealkylation sites (N-methyl/N-ethyl adjacent to an activating group) is 1. The van der Waals surface area contributed by atoms with Crippen LogP contribution >= 0.6 is 23.2 Å². The Morgan fingerprint density at radius 3 is 2.61 bits per heavy atom. The summed E-state index contributed by atoms with van der Waals surface area (Å²) in [6.45, 7) is 0.938. The van der Waals surface area contributed by atoms with E-state index < -0.39 is 5.97 Å². The van der Waals surface area contributed by atoms with Crippen molar-refractivity contribution in [2.45, 2.75) is 6.54 Å². The zero-order valence-corrected chi connectivity index (χ0v) is 14.2. The van der Waals surface area contributed by atoms with Crippen molar-refractivity contribution in [3.63, 3.8) is 0 Å². The lowest BCUT2D eigenvalue weighted by Crippen LogP contribution is -2.46. The van der Waals surface area contributed by atoms with Gasteiger partial charge in [-0.1, -0.05) is 48.0 Å². The Hall–Kier alpha value is -1.75. The van der Waals surface area contributed by atoms with Crippen LogP contribution in [0.15, 0.2) is 52.8 Å². The Morgan fingerprint density at radius 1 is 1.22 bits per heavy atom. The van der Waals surface area contributed by atoms with E-state index in [1.165, 1.54) is 5.39 Å². The molecule has 1 heterocycles. The lowest BCUT2D eigenvalue weighted by atomic mass is 10.1. The number of carboxylic acids is 1. The van der Waals surface area contributed by atoms with Gasteiger partial charge in [0.05, 0.1) is 7.05 Å². The highest BCUT2D eigenvalue weighted by atomic mass is 35.5. The molecular formula is C17H17Cl2N2O2+. The SMILES string of the molecule is C[N+]1(CC(=O)O)CN(Cc2ccc3ccccc3c2)C(Cl)=C1Cl. The molecule has 4 nitrogen and oxygen atoms in total. The fraction of sp³-hybridized carbons (Fsp3) is 0.235. The van der Waals surface area contributed by atoms with Crippen LogP contribution in [0.25, 0.3) is 10.8 Å². The number of carboxylic acid groups (broad SMARTS) is 1. The van der Waals surface area contributed by atoms with Crippen LogP contribution in [0.1, 0.15) is 5.56 Å². The highest BCUT2D eigenvalue weighted by Gasteiger charge is 2.42. The topological polar surface area (TPSA) is 40.5 Å². The van der Waals surface area contributed by atoms with E-state index in [-0.39, 0.29) is 11.0 Å². The van der Waals surface area contributed by atoms with Gasteiger partial charge < -0.3 is 10.0 Å². The van der Waals surface area contributed by atoms with E-state index in [2.05, 4.69) is 30.3 Å². The fourth-order valence-corrected chi connectivity index (χ4v) is 3.50. The highest BCUT2D eigenvalue weighted by Crippen LogP contribution is 2.36. The molecule has 0 aromatic heterocycles. The first kappa shape index (κ1) is 16.1. The van der Waals surface area contributed by atoms with Gasteiger partial charge in [0.25, 0.3) is 0 Å². The molecule has 2 aromatic carbocycles. The van der Waals surface area contributed by atoms with Crippen molar-refractivity contribution in [3.05, 3.63) is 58.3 Å². The molecular weight excluding hydrogens is 335 g/mol. The maximum atomic E-state index is 11.1. The summed E-state index contributed by atoms with van der Waals surface area (Å²) < 4.78 is 0.0866. The van der Waals surface area contributed by atoms with Gasteiger partial charge in [0, 0.05) is 6.54 Å². The van der Waals surface area contributed by atoms with Crippen LogP contribution in [0.4, 0.5) is 0 Å². The monoisotopic (exact) mass is 351 g/mol. The zero-order chi connectivity index (χ0) is 16.6. The first-order chi connectivity index (χ1) is 10.9.